The largest absolute Gasteiger partial charge is 0.435 e. The molecular weight excluding hydrogens is 332 g/mol. The van der Waals surface area contributed by atoms with Crippen LogP contribution in [0.15, 0.2) is 52.9 Å². The number of aryl methyl sites for hydroxylation is 1. The minimum atomic E-state index is 0.136. The van der Waals surface area contributed by atoms with Crippen LogP contribution in [0, 0.1) is 6.92 Å². The molecule has 0 radical (unpaired) electrons. The maximum atomic E-state index is 6.26. The molecule has 2 aromatic carbocycles. The van der Waals surface area contributed by atoms with E-state index in [0.717, 1.165) is 39.5 Å². The number of nitrogens with zero attached hydrogens (tertiary/aromatic N) is 2. The average molecular weight is 364 g/mol. The number of aromatic nitrogens is 1. The number of oxazole rings is 1. The van der Waals surface area contributed by atoms with Crippen LogP contribution in [0.2, 0.25) is 0 Å². The number of hydrogen-bond donors (Lipinski definition) is 0. The minimum Gasteiger partial charge on any atom is -0.435 e. The lowest BCUT2D eigenvalue weighted by Gasteiger charge is -2.21. The molecule has 0 saturated carbocycles. The molecule has 3 heteroatoms. The Bertz CT molecular complexity index is 922. The van der Waals surface area contributed by atoms with Crippen molar-refractivity contribution in [3.63, 3.8) is 0 Å². The van der Waals surface area contributed by atoms with Crippen molar-refractivity contribution in [3.8, 4) is 22.6 Å². The first-order valence-corrected chi connectivity index (χ1v) is 9.51. The Hall–Kier alpha value is -2.39. The van der Waals surface area contributed by atoms with Gasteiger partial charge in [-0.05, 0) is 24.0 Å². The zero-order valence-electron chi connectivity index (χ0n) is 17.6. The van der Waals surface area contributed by atoms with E-state index in [1.165, 1.54) is 11.1 Å². The molecule has 3 aromatic rings. The van der Waals surface area contributed by atoms with Crippen molar-refractivity contribution in [1.29, 1.82) is 0 Å². The Labute approximate surface area is 163 Å². The van der Waals surface area contributed by atoms with Crippen LogP contribution in [-0.2, 0) is 12.0 Å². The zero-order chi connectivity index (χ0) is 19.8. The monoisotopic (exact) mass is 363 g/mol. The summed E-state index contributed by atoms with van der Waals surface area (Å²) < 4.78 is 7.03. The van der Waals surface area contributed by atoms with E-state index in [4.69, 9.17) is 9.40 Å². The van der Waals surface area contributed by atoms with E-state index in [1.807, 2.05) is 0 Å². The molecule has 0 bridgehead atoms. The summed E-state index contributed by atoms with van der Waals surface area (Å²) >= 11 is 0. The number of benzene rings is 2. The fourth-order valence-electron chi connectivity index (χ4n) is 3.14. The topological polar surface area (TPSA) is 26.0 Å². The molecule has 3 nitrogen and oxygen atoms in total. The molecule has 3 rings (SSSR count). The second-order valence-corrected chi connectivity index (χ2v) is 9.43. The second-order valence-electron chi connectivity index (χ2n) is 9.43. The van der Waals surface area contributed by atoms with Crippen molar-refractivity contribution in [2.24, 2.45) is 0 Å². The predicted molar refractivity (Wildman–Crippen MR) is 113 cm³/mol. The van der Waals surface area contributed by atoms with Crippen molar-refractivity contribution >= 4 is 0 Å². The smallest absolute Gasteiger partial charge is 0.251 e. The third-order valence-electron chi connectivity index (χ3n) is 4.59. The molecule has 0 saturated heterocycles. The lowest BCUT2D eigenvalue weighted by atomic mass is 9.86. The third-order valence-corrected chi connectivity index (χ3v) is 4.59. The quantitative estimate of drug-likeness (QED) is 0.546. The van der Waals surface area contributed by atoms with Gasteiger partial charge in [0.1, 0.15) is 5.69 Å². The van der Waals surface area contributed by atoms with Gasteiger partial charge in [-0.3, -0.25) is 0 Å². The van der Waals surface area contributed by atoms with Crippen molar-refractivity contribution < 1.29 is 8.90 Å². The van der Waals surface area contributed by atoms with Gasteiger partial charge in [0.15, 0.2) is 12.3 Å². The van der Waals surface area contributed by atoms with Crippen LogP contribution < -0.4 is 0 Å². The van der Waals surface area contributed by atoms with Crippen LogP contribution in [0.25, 0.3) is 22.6 Å². The first kappa shape index (κ1) is 19.4. The normalized spacial score (nSPS) is 12.4. The third kappa shape index (κ3) is 4.67. The van der Waals surface area contributed by atoms with Crippen LogP contribution in [0.3, 0.4) is 0 Å². The summed E-state index contributed by atoms with van der Waals surface area (Å²) in [6, 6.07) is 17.1. The van der Waals surface area contributed by atoms with Crippen LogP contribution in [0.5, 0.6) is 0 Å². The molecule has 0 fully saturated rings. The maximum absolute atomic E-state index is 6.26. The van der Waals surface area contributed by atoms with Gasteiger partial charge in [0.25, 0.3) is 5.89 Å². The molecule has 1 aromatic heterocycles. The van der Waals surface area contributed by atoms with E-state index in [-0.39, 0.29) is 5.41 Å². The van der Waals surface area contributed by atoms with E-state index in [1.54, 1.807) is 0 Å². The van der Waals surface area contributed by atoms with E-state index in [0.29, 0.717) is 0 Å². The summed E-state index contributed by atoms with van der Waals surface area (Å²) in [5.41, 5.74) is 5.76. The Morgan fingerprint density at radius 3 is 2.15 bits per heavy atom. The predicted octanol–water partition coefficient (Wildman–Crippen LogP) is 5.82. The van der Waals surface area contributed by atoms with Crippen molar-refractivity contribution in [2.75, 3.05) is 21.1 Å². The lowest BCUT2D eigenvalue weighted by molar-refractivity contribution is -0.885. The molecule has 142 valence electrons. The van der Waals surface area contributed by atoms with Gasteiger partial charge in [-0.15, -0.1) is 0 Å². The van der Waals surface area contributed by atoms with Crippen LogP contribution >= 0.6 is 0 Å². The summed E-state index contributed by atoms with van der Waals surface area (Å²) in [6.07, 6.45) is 0. The molecule has 1 heterocycles. The van der Waals surface area contributed by atoms with Crippen molar-refractivity contribution in [3.05, 3.63) is 65.5 Å². The highest BCUT2D eigenvalue weighted by atomic mass is 16.4. The van der Waals surface area contributed by atoms with Crippen molar-refractivity contribution in [2.45, 2.75) is 39.7 Å². The molecule has 0 aliphatic heterocycles. The van der Waals surface area contributed by atoms with Crippen molar-refractivity contribution in [1.82, 2.24) is 4.98 Å². The number of hydrogen-bond acceptors (Lipinski definition) is 2. The number of rotatable bonds is 4. The molecule has 0 N–H and O–H groups in total. The van der Waals surface area contributed by atoms with Gasteiger partial charge >= 0.3 is 0 Å². The molecular formula is C24H31N2O+. The summed E-state index contributed by atoms with van der Waals surface area (Å²) in [4.78, 5) is 4.88. The Morgan fingerprint density at radius 2 is 1.59 bits per heavy atom. The molecule has 0 aliphatic carbocycles. The highest BCUT2D eigenvalue weighted by Crippen LogP contribution is 2.34. The van der Waals surface area contributed by atoms with E-state index >= 15 is 0 Å². The van der Waals surface area contributed by atoms with Gasteiger partial charge in [-0.25, -0.2) is 4.98 Å². The lowest BCUT2D eigenvalue weighted by Crippen LogP contribution is -2.33. The van der Waals surface area contributed by atoms with E-state index in [2.05, 4.69) is 97.4 Å². The average Bonchev–Trinajstić information content (AvgIpc) is 2.96. The first-order valence-electron chi connectivity index (χ1n) is 9.51. The van der Waals surface area contributed by atoms with Gasteiger partial charge < -0.3 is 8.90 Å². The Morgan fingerprint density at radius 1 is 0.926 bits per heavy atom. The minimum absolute atomic E-state index is 0.136. The summed E-state index contributed by atoms with van der Waals surface area (Å²) in [5, 5.41) is 0. The molecule has 0 atom stereocenters. The standard InChI is InChI=1S/C24H31N2O/c1-17-9-8-10-19(15-17)23-22(25-21(27-23)16-26(5,6)7)18-11-13-20(14-12-18)24(2,3)4/h8-15H,16H2,1-7H3/q+1. The fourth-order valence-corrected chi connectivity index (χ4v) is 3.14. The first-order chi connectivity index (χ1) is 12.5. The zero-order valence-corrected chi connectivity index (χ0v) is 17.6. The summed E-state index contributed by atoms with van der Waals surface area (Å²) in [6.45, 7) is 9.55. The van der Waals surface area contributed by atoms with Crippen LogP contribution in [-0.4, -0.2) is 30.6 Å². The SMILES string of the molecule is Cc1cccc(-c2oc(C[N+](C)(C)C)nc2-c2ccc(C(C)(C)C)cc2)c1. The van der Waals surface area contributed by atoms with Crippen LogP contribution in [0.4, 0.5) is 0 Å². The maximum Gasteiger partial charge on any atom is 0.251 e. The molecule has 0 aliphatic rings. The fraction of sp³-hybridized carbons (Fsp3) is 0.375. The van der Waals surface area contributed by atoms with Crippen LogP contribution in [0.1, 0.15) is 37.8 Å². The number of quaternary nitrogens is 1. The highest BCUT2D eigenvalue weighted by molar-refractivity contribution is 5.77. The molecule has 0 unspecified atom stereocenters. The van der Waals surface area contributed by atoms with E-state index < -0.39 is 0 Å². The summed E-state index contributed by atoms with van der Waals surface area (Å²) in [5.74, 6) is 1.62. The Balaban J connectivity index is 2.10. The second kappa shape index (κ2) is 6.97. The highest BCUT2D eigenvalue weighted by Gasteiger charge is 2.21. The molecule has 0 amide bonds. The summed E-state index contributed by atoms with van der Waals surface area (Å²) in [7, 11) is 6.44. The van der Waals surface area contributed by atoms with Gasteiger partial charge in [0, 0.05) is 11.1 Å². The van der Waals surface area contributed by atoms with Gasteiger partial charge in [-0.1, -0.05) is 68.8 Å². The Kier molecular flexibility index (Phi) is 5.00. The van der Waals surface area contributed by atoms with Gasteiger partial charge in [-0.2, -0.15) is 0 Å². The molecule has 27 heavy (non-hydrogen) atoms. The van der Waals surface area contributed by atoms with Gasteiger partial charge in [0.05, 0.1) is 21.1 Å². The molecule has 0 spiro atoms. The van der Waals surface area contributed by atoms with Gasteiger partial charge in [0.2, 0.25) is 0 Å². The van der Waals surface area contributed by atoms with E-state index in [9.17, 15) is 0 Å².